The Bertz CT molecular complexity index is 452. The molecule has 1 heterocycles. The van der Waals surface area contributed by atoms with Gasteiger partial charge in [-0.1, -0.05) is 77.6 Å². The smallest absolute Gasteiger partial charge is 0.267 e. The molecule has 1 N–H and O–H groups in total. The van der Waals surface area contributed by atoms with Crippen LogP contribution in [-0.2, 0) is 19.6 Å². The molecule has 7 heteroatoms. The summed E-state index contributed by atoms with van der Waals surface area (Å²) in [4.78, 5) is 2.14. The zero-order chi connectivity index (χ0) is 20.5. The lowest BCUT2D eigenvalue weighted by atomic mass is 10.1. The molecule has 0 aromatic heterocycles. The van der Waals surface area contributed by atoms with Gasteiger partial charge in [0.25, 0.3) is 10.1 Å². The van der Waals surface area contributed by atoms with Crippen molar-refractivity contribution in [2.45, 2.75) is 90.1 Å². The molecule has 168 valence electrons. The summed E-state index contributed by atoms with van der Waals surface area (Å²) >= 11 is 0. The number of morpholine rings is 1. The predicted octanol–water partition coefficient (Wildman–Crippen LogP) is 4.29. The summed E-state index contributed by atoms with van der Waals surface area (Å²) in [6, 6.07) is 0. The Kier molecular flexibility index (Phi) is 15.3. The average molecular weight is 422 g/mol. The SMILES string of the molecule is CCCCCCCCCCCCCCOC(CN1CCOCC1)CS(=O)(=O)O. The minimum Gasteiger partial charge on any atom is -0.379 e. The fourth-order valence-electron chi connectivity index (χ4n) is 3.65. The van der Waals surface area contributed by atoms with Gasteiger partial charge in [-0.25, -0.2) is 0 Å². The first-order valence-electron chi connectivity index (χ1n) is 11.4. The van der Waals surface area contributed by atoms with Gasteiger partial charge in [0.15, 0.2) is 0 Å². The molecule has 0 aromatic rings. The van der Waals surface area contributed by atoms with Crippen molar-refractivity contribution in [3.8, 4) is 0 Å². The summed E-state index contributed by atoms with van der Waals surface area (Å²) in [5.74, 6) is -0.331. The molecule has 0 amide bonds. The van der Waals surface area contributed by atoms with Gasteiger partial charge in [0, 0.05) is 26.2 Å². The normalized spacial score (nSPS) is 17.1. The summed E-state index contributed by atoms with van der Waals surface area (Å²) in [6.07, 6.45) is 15.0. The maximum Gasteiger partial charge on any atom is 0.267 e. The Morgan fingerprint density at radius 3 is 1.89 bits per heavy atom. The van der Waals surface area contributed by atoms with E-state index in [0.29, 0.717) is 26.4 Å². The quantitative estimate of drug-likeness (QED) is 0.263. The van der Waals surface area contributed by atoms with Crippen LogP contribution in [0, 0.1) is 0 Å². The van der Waals surface area contributed by atoms with Gasteiger partial charge in [-0.3, -0.25) is 9.45 Å². The second kappa shape index (κ2) is 16.6. The number of ether oxygens (including phenoxy) is 2. The molecule has 0 aliphatic carbocycles. The zero-order valence-corrected chi connectivity index (χ0v) is 18.8. The van der Waals surface area contributed by atoms with Crippen LogP contribution < -0.4 is 0 Å². The molecule has 0 aromatic carbocycles. The molecule has 1 rings (SSSR count). The van der Waals surface area contributed by atoms with Crippen molar-refractivity contribution in [3.63, 3.8) is 0 Å². The molecule has 1 atom stereocenters. The number of hydrogen-bond donors (Lipinski definition) is 1. The molecule has 28 heavy (non-hydrogen) atoms. The van der Waals surface area contributed by atoms with Crippen LogP contribution in [0.3, 0.4) is 0 Å². The van der Waals surface area contributed by atoms with Crippen LogP contribution in [0.5, 0.6) is 0 Å². The topological polar surface area (TPSA) is 76.1 Å². The average Bonchev–Trinajstić information content (AvgIpc) is 2.65. The first-order valence-corrected chi connectivity index (χ1v) is 13.0. The van der Waals surface area contributed by atoms with Gasteiger partial charge >= 0.3 is 0 Å². The summed E-state index contributed by atoms with van der Waals surface area (Å²) < 4.78 is 42.8. The van der Waals surface area contributed by atoms with Crippen molar-refractivity contribution in [1.82, 2.24) is 4.90 Å². The zero-order valence-electron chi connectivity index (χ0n) is 17.9. The van der Waals surface area contributed by atoms with Gasteiger partial charge in [-0.15, -0.1) is 0 Å². The fourth-order valence-corrected chi connectivity index (χ4v) is 4.32. The monoisotopic (exact) mass is 421 g/mol. The fraction of sp³-hybridized carbons (Fsp3) is 1.00. The van der Waals surface area contributed by atoms with Crippen LogP contribution in [0.1, 0.15) is 84.0 Å². The van der Waals surface area contributed by atoms with E-state index < -0.39 is 16.2 Å². The van der Waals surface area contributed by atoms with Gasteiger partial charge in [-0.2, -0.15) is 8.42 Å². The van der Waals surface area contributed by atoms with Crippen LogP contribution in [-0.4, -0.2) is 69.2 Å². The molecular weight excluding hydrogens is 378 g/mol. The summed E-state index contributed by atoms with van der Waals surface area (Å²) in [5, 5.41) is 0. The second-order valence-electron chi connectivity index (χ2n) is 8.04. The number of unbranched alkanes of at least 4 members (excludes halogenated alkanes) is 11. The van der Waals surface area contributed by atoms with Crippen molar-refractivity contribution in [3.05, 3.63) is 0 Å². The Labute approximate surface area is 173 Å². The summed E-state index contributed by atoms with van der Waals surface area (Å²) in [6.45, 7) is 6.23. The first kappa shape index (κ1) is 25.8. The highest BCUT2D eigenvalue weighted by atomic mass is 32.2. The lowest BCUT2D eigenvalue weighted by Gasteiger charge is -2.30. The number of rotatable bonds is 18. The van der Waals surface area contributed by atoms with Gasteiger partial charge < -0.3 is 9.47 Å². The molecule has 1 saturated heterocycles. The van der Waals surface area contributed by atoms with Gasteiger partial charge in [0.1, 0.15) is 5.75 Å². The van der Waals surface area contributed by atoms with Crippen LogP contribution in [0.2, 0.25) is 0 Å². The molecule has 1 aliphatic rings. The van der Waals surface area contributed by atoms with E-state index in [9.17, 15) is 13.0 Å². The van der Waals surface area contributed by atoms with E-state index in [1.54, 1.807) is 0 Å². The maximum atomic E-state index is 11.2. The second-order valence-corrected chi connectivity index (χ2v) is 9.54. The minimum absolute atomic E-state index is 0.331. The van der Waals surface area contributed by atoms with Crippen LogP contribution >= 0.6 is 0 Å². The molecule has 0 spiro atoms. The highest BCUT2D eigenvalue weighted by molar-refractivity contribution is 7.85. The van der Waals surface area contributed by atoms with E-state index in [4.69, 9.17) is 9.47 Å². The molecule has 1 fully saturated rings. The third kappa shape index (κ3) is 15.7. The van der Waals surface area contributed by atoms with Crippen LogP contribution in [0.25, 0.3) is 0 Å². The third-order valence-corrected chi connectivity index (χ3v) is 6.11. The Balaban J connectivity index is 2.02. The molecule has 1 aliphatic heterocycles. The van der Waals surface area contributed by atoms with Crippen molar-refractivity contribution in [1.29, 1.82) is 0 Å². The Hall–Kier alpha value is -0.210. The van der Waals surface area contributed by atoms with E-state index >= 15 is 0 Å². The van der Waals surface area contributed by atoms with E-state index in [0.717, 1.165) is 25.9 Å². The standard InChI is InChI=1S/C21H43NO5S/c1-2-3-4-5-6-7-8-9-10-11-12-13-16-27-21(20-28(23,24)25)19-22-14-17-26-18-15-22/h21H,2-20H2,1H3,(H,23,24,25). The van der Waals surface area contributed by atoms with E-state index in [2.05, 4.69) is 11.8 Å². The van der Waals surface area contributed by atoms with Crippen molar-refractivity contribution >= 4 is 10.1 Å². The molecule has 0 bridgehead atoms. The van der Waals surface area contributed by atoms with Crippen LogP contribution in [0.4, 0.5) is 0 Å². The van der Waals surface area contributed by atoms with E-state index in [-0.39, 0.29) is 5.75 Å². The lowest BCUT2D eigenvalue weighted by Crippen LogP contribution is -2.43. The van der Waals surface area contributed by atoms with Gasteiger partial charge in [-0.05, 0) is 6.42 Å². The maximum absolute atomic E-state index is 11.2. The Morgan fingerprint density at radius 2 is 1.39 bits per heavy atom. The van der Waals surface area contributed by atoms with Crippen LogP contribution in [0.15, 0.2) is 0 Å². The van der Waals surface area contributed by atoms with Gasteiger partial charge in [0.05, 0.1) is 19.3 Å². The third-order valence-electron chi connectivity index (χ3n) is 5.31. The summed E-state index contributed by atoms with van der Waals surface area (Å²) in [5.41, 5.74) is 0. The number of hydrogen-bond acceptors (Lipinski definition) is 5. The van der Waals surface area contributed by atoms with E-state index in [1.807, 2.05) is 0 Å². The first-order chi connectivity index (χ1) is 13.5. The molecular formula is C21H43NO5S. The van der Waals surface area contributed by atoms with E-state index in [1.165, 1.54) is 64.2 Å². The molecule has 0 radical (unpaired) electrons. The molecule has 0 saturated carbocycles. The highest BCUT2D eigenvalue weighted by Crippen LogP contribution is 2.12. The van der Waals surface area contributed by atoms with Gasteiger partial charge in [0.2, 0.25) is 0 Å². The minimum atomic E-state index is -4.02. The highest BCUT2D eigenvalue weighted by Gasteiger charge is 2.22. The number of nitrogens with zero attached hydrogens (tertiary/aromatic N) is 1. The Morgan fingerprint density at radius 1 is 0.893 bits per heavy atom. The van der Waals surface area contributed by atoms with Crippen molar-refractivity contribution in [2.24, 2.45) is 0 Å². The summed E-state index contributed by atoms with van der Waals surface area (Å²) in [7, 11) is -4.02. The van der Waals surface area contributed by atoms with Crippen molar-refractivity contribution < 1.29 is 22.4 Å². The largest absolute Gasteiger partial charge is 0.379 e. The molecule has 6 nitrogen and oxygen atoms in total. The molecule has 1 unspecified atom stereocenters. The van der Waals surface area contributed by atoms with Crippen molar-refractivity contribution in [2.75, 3.05) is 45.2 Å². The lowest BCUT2D eigenvalue weighted by molar-refractivity contribution is -0.00568. The predicted molar refractivity (Wildman–Crippen MR) is 114 cm³/mol.